The fourth-order valence-corrected chi connectivity index (χ4v) is 2.64. The van der Waals surface area contributed by atoms with Crippen LogP contribution in [0.2, 0.25) is 0 Å². The lowest BCUT2D eigenvalue weighted by Crippen LogP contribution is -2.28. The summed E-state index contributed by atoms with van der Waals surface area (Å²) in [6.45, 7) is 2.11. The summed E-state index contributed by atoms with van der Waals surface area (Å²) in [7, 11) is 1.44. The molecule has 2 aromatic carbocycles. The maximum atomic E-state index is 12.5. The molecule has 0 radical (unpaired) electrons. The van der Waals surface area contributed by atoms with E-state index < -0.39 is 5.91 Å². The number of aromatic nitrogens is 2. The summed E-state index contributed by atoms with van der Waals surface area (Å²) < 4.78 is 6.26. The number of amides is 1. The zero-order valence-corrected chi connectivity index (χ0v) is 14.8. The average molecular weight is 366 g/mol. The van der Waals surface area contributed by atoms with E-state index >= 15 is 0 Å². The van der Waals surface area contributed by atoms with Crippen molar-refractivity contribution < 1.29 is 14.6 Å². The molecule has 0 fully saturated rings. The fraction of sp³-hybridized carbons (Fsp3) is 0.158. The second-order valence-corrected chi connectivity index (χ2v) is 5.61. The van der Waals surface area contributed by atoms with Crippen molar-refractivity contribution in [2.45, 2.75) is 13.5 Å². The van der Waals surface area contributed by atoms with Gasteiger partial charge < -0.3 is 9.84 Å². The minimum atomic E-state index is -0.563. The number of hydrazone groups is 1. The Kier molecular flexibility index (Phi) is 5.16. The fourth-order valence-electron chi connectivity index (χ4n) is 2.64. The molecule has 0 saturated carbocycles. The predicted molar refractivity (Wildman–Crippen MR) is 101 cm³/mol. The molecule has 27 heavy (non-hydrogen) atoms. The van der Waals surface area contributed by atoms with Crippen LogP contribution in [-0.2, 0) is 6.54 Å². The molecule has 0 bridgehead atoms. The van der Waals surface area contributed by atoms with E-state index in [1.54, 1.807) is 49.4 Å². The Morgan fingerprint density at radius 1 is 1.26 bits per heavy atom. The topological polar surface area (TPSA) is 106 Å². The van der Waals surface area contributed by atoms with Crippen LogP contribution in [0, 0.1) is 0 Å². The number of hydrogen-bond donors (Lipinski definition) is 2. The number of aryl methyl sites for hydroxylation is 1. The van der Waals surface area contributed by atoms with Crippen LogP contribution in [0.25, 0.3) is 10.8 Å². The first kappa shape index (κ1) is 18.1. The van der Waals surface area contributed by atoms with Crippen molar-refractivity contribution in [3.05, 3.63) is 64.1 Å². The van der Waals surface area contributed by atoms with Gasteiger partial charge in [0, 0.05) is 17.5 Å². The summed E-state index contributed by atoms with van der Waals surface area (Å²) >= 11 is 0. The number of phenolic OH excluding ortho intramolecular Hbond substituents is 1. The first-order valence-electron chi connectivity index (χ1n) is 8.26. The first-order chi connectivity index (χ1) is 13.1. The average Bonchev–Trinajstić information content (AvgIpc) is 2.69. The van der Waals surface area contributed by atoms with E-state index in [1.807, 2.05) is 0 Å². The van der Waals surface area contributed by atoms with Gasteiger partial charge in [-0.3, -0.25) is 9.59 Å². The molecule has 0 aliphatic heterocycles. The van der Waals surface area contributed by atoms with Crippen molar-refractivity contribution in [2.75, 3.05) is 7.11 Å². The lowest BCUT2D eigenvalue weighted by Gasteiger charge is -2.08. The monoisotopic (exact) mass is 366 g/mol. The van der Waals surface area contributed by atoms with Gasteiger partial charge in [-0.25, -0.2) is 10.1 Å². The lowest BCUT2D eigenvalue weighted by atomic mass is 10.1. The third kappa shape index (κ3) is 3.50. The molecule has 2 N–H and O–H groups in total. The molecular weight excluding hydrogens is 348 g/mol. The van der Waals surface area contributed by atoms with Crippen LogP contribution >= 0.6 is 0 Å². The van der Waals surface area contributed by atoms with Gasteiger partial charge in [0.25, 0.3) is 11.5 Å². The van der Waals surface area contributed by atoms with Gasteiger partial charge in [0.2, 0.25) is 0 Å². The van der Waals surface area contributed by atoms with Crippen LogP contribution in [0.1, 0.15) is 23.0 Å². The van der Waals surface area contributed by atoms with Gasteiger partial charge in [0.1, 0.15) is 0 Å². The third-order valence-electron chi connectivity index (χ3n) is 4.00. The van der Waals surface area contributed by atoms with Crippen molar-refractivity contribution in [3.8, 4) is 11.5 Å². The second-order valence-electron chi connectivity index (χ2n) is 5.61. The van der Waals surface area contributed by atoms with Crippen molar-refractivity contribution in [1.29, 1.82) is 0 Å². The number of nitrogens with zero attached hydrogens (tertiary/aromatic N) is 3. The minimum absolute atomic E-state index is 0.0823. The van der Waals surface area contributed by atoms with E-state index in [-0.39, 0.29) is 17.0 Å². The number of hydrogen-bond acceptors (Lipinski definition) is 6. The van der Waals surface area contributed by atoms with E-state index in [1.165, 1.54) is 18.0 Å². The van der Waals surface area contributed by atoms with Gasteiger partial charge in [0.15, 0.2) is 17.2 Å². The molecule has 0 unspecified atom stereocenters. The van der Waals surface area contributed by atoms with Gasteiger partial charge in [-0.05, 0) is 25.1 Å². The van der Waals surface area contributed by atoms with E-state index in [4.69, 9.17) is 4.74 Å². The van der Waals surface area contributed by atoms with Crippen LogP contribution in [0.3, 0.4) is 0 Å². The maximum Gasteiger partial charge on any atom is 0.292 e. The molecule has 3 aromatic rings. The summed E-state index contributed by atoms with van der Waals surface area (Å²) in [6.07, 6.45) is 1.30. The van der Waals surface area contributed by atoms with Gasteiger partial charge in [-0.15, -0.1) is 0 Å². The number of carbonyl (C=O) groups is 1. The van der Waals surface area contributed by atoms with Gasteiger partial charge in [-0.2, -0.15) is 10.2 Å². The summed E-state index contributed by atoms with van der Waals surface area (Å²) in [5.41, 5.74) is 2.60. The van der Waals surface area contributed by atoms with E-state index in [0.717, 1.165) is 0 Å². The molecule has 1 amide bonds. The Labute approximate surface area is 154 Å². The number of aromatic hydroxyl groups is 1. The number of para-hydroxylation sites is 1. The van der Waals surface area contributed by atoms with Crippen molar-refractivity contribution in [2.24, 2.45) is 5.10 Å². The number of rotatable bonds is 5. The Hall–Kier alpha value is -3.68. The molecule has 0 aliphatic carbocycles. The number of nitrogens with one attached hydrogen (secondary N) is 1. The molecule has 8 heteroatoms. The quantitative estimate of drug-likeness (QED) is 0.530. The van der Waals surface area contributed by atoms with Crippen LogP contribution < -0.4 is 15.7 Å². The Morgan fingerprint density at radius 3 is 2.70 bits per heavy atom. The highest BCUT2D eigenvalue weighted by Gasteiger charge is 2.15. The Balaban J connectivity index is 1.91. The summed E-state index contributed by atoms with van der Waals surface area (Å²) in [4.78, 5) is 24.9. The van der Waals surface area contributed by atoms with Crippen molar-refractivity contribution in [1.82, 2.24) is 15.2 Å². The zero-order chi connectivity index (χ0) is 19.4. The van der Waals surface area contributed by atoms with Crippen LogP contribution in [0.4, 0.5) is 0 Å². The standard InChI is InChI=1S/C19H18N4O4/c1-3-23-19(26)14-9-5-4-8-13(14)16(22-23)18(25)21-20-11-12-7-6-10-15(27-2)17(12)24/h4-11,24H,3H2,1-2H3,(H,21,25)/b20-11+. The number of carbonyl (C=O) groups excluding carboxylic acids is 1. The van der Waals surface area contributed by atoms with Crippen LogP contribution in [-0.4, -0.2) is 34.1 Å². The largest absolute Gasteiger partial charge is 0.504 e. The van der Waals surface area contributed by atoms with E-state index in [9.17, 15) is 14.7 Å². The van der Waals surface area contributed by atoms with E-state index in [2.05, 4.69) is 15.6 Å². The second kappa shape index (κ2) is 7.69. The van der Waals surface area contributed by atoms with Crippen LogP contribution in [0.5, 0.6) is 11.5 Å². The lowest BCUT2D eigenvalue weighted by molar-refractivity contribution is 0.0949. The van der Waals surface area contributed by atoms with Crippen molar-refractivity contribution >= 4 is 22.9 Å². The molecule has 0 aliphatic rings. The molecule has 0 spiro atoms. The molecule has 8 nitrogen and oxygen atoms in total. The number of fused-ring (bicyclic) bond motifs is 1. The zero-order valence-electron chi connectivity index (χ0n) is 14.8. The summed E-state index contributed by atoms with van der Waals surface area (Å²) in [5.74, 6) is -0.346. The number of methoxy groups -OCH3 is 1. The highest BCUT2D eigenvalue weighted by molar-refractivity contribution is 6.05. The molecule has 3 rings (SSSR count). The minimum Gasteiger partial charge on any atom is -0.504 e. The SMILES string of the molecule is CCn1nc(C(=O)N/N=C/c2cccc(OC)c2O)c2ccccc2c1=O. The predicted octanol–water partition coefficient (Wildman–Crippen LogP) is 1.89. The first-order valence-corrected chi connectivity index (χ1v) is 8.26. The van der Waals surface area contributed by atoms with E-state index in [0.29, 0.717) is 28.6 Å². The molecule has 1 heterocycles. The molecule has 0 saturated heterocycles. The number of phenols is 1. The van der Waals surface area contributed by atoms with Gasteiger partial charge >= 0.3 is 0 Å². The highest BCUT2D eigenvalue weighted by Crippen LogP contribution is 2.27. The van der Waals surface area contributed by atoms with Crippen molar-refractivity contribution in [3.63, 3.8) is 0 Å². The van der Waals surface area contributed by atoms with Gasteiger partial charge in [0.05, 0.1) is 18.7 Å². The molecular formula is C19H18N4O4. The molecule has 138 valence electrons. The molecule has 0 atom stereocenters. The van der Waals surface area contributed by atoms with Gasteiger partial charge in [-0.1, -0.05) is 24.3 Å². The van der Waals surface area contributed by atoms with Crippen LogP contribution in [0.15, 0.2) is 52.4 Å². The summed E-state index contributed by atoms with van der Waals surface area (Å²) in [6, 6.07) is 11.7. The molecule has 1 aromatic heterocycles. The normalized spacial score (nSPS) is 11.0. The smallest absolute Gasteiger partial charge is 0.292 e. The Bertz CT molecular complexity index is 1090. The number of ether oxygens (including phenoxy) is 1. The Morgan fingerprint density at radius 2 is 2.00 bits per heavy atom. The summed E-state index contributed by atoms with van der Waals surface area (Å²) in [5, 5.41) is 18.9. The highest BCUT2D eigenvalue weighted by atomic mass is 16.5. The third-order valence-corrected chi connectivity index (χ3v) is 4.00. The number of benzene rings is 2. The maximum absolute atomic E-state index is 12.5.